The molecule has 2 aromatic rings. The van der Waals surface area contributed by atoms with Crippen LogP contribution in [0.4, 0.5) is 4.39 Å². The number of aromatic nitrogens is 1. The molecule has 2 heterocycles. The average molecular weight is 339 g/mol. The van der Waals surface area contributed by atoms with E-state index in [0.29, 0.717) is 37.3 Å². The highest BCUT2D eigenvalue weighted by Gasteiger charge is 2.23. The molecule has 0 unspecified atom stereocenters. The quantitative estimate of drug-likeness (QED) is 0.806. The van der Waals surface area contributed by atoms with E-state index in [1.165, 1.54) is 18.2 Å². The molecule has 3 rings (SSSR count). The van der Waals surface area contributed by atoms with Gasteiger partial charge >= 0.3 is 0 Å². The summed E-state index contributed by atoms with van der Waals surface area (Å²) in [6, 6.07) is 9.52. The average Bonchev–Trinajstić information content (AvgIpc) is 2.66. The number of halogens is 1. The van der Waals surface area contributed by atoms with E-state index in [-0.39, 0.29) is 17.6 Å². The molecule has 1 fully saturated rings. The van der Waals surface area contributed by atoms with Crippen molar-refractivity contribution < 1.29 is 14.0 Å². The van der Waals surface area contributed by atoms with Crippen LogP contribution in [0.5, 0.6) is 0 Å². The van der Waals surface area contributed by atoms with Crippen LogP contribution in [0.1, 0.15) is 15.9 Å². The molecule has 0 bridgehead atoms. The maximum Gasteiger partial charge on any atom is 0.255 e. The molecular weight excluding hydrogens is 321 g/mol. The van der Waals surface area contributed by atoms with Gasteiger partial charge in [0, 0.05) is 44.6 Å². The van der Waals surface area contributed by atoms with Crippen LogP contribution in [0.25, 0.3) is 6.08 Å². The number of carbonyl (C=O) groups excluding carboxylic acids is 2. The standard InChI is InChI=1S/C19H18FN3O2/c20-17-5-1-3-15(13-17)6-7-18(24)22-9-11-23(12-10-22)19(25)16-4-2-8-21-14-16/h1-8,13-14H,9-12H2/b7-6+. The number of amides is 2. The van der Waals surface area contributed by atoms with Crippen molar-refractivity contribution in [1.29, 1.82) is 0 Å². The van der Waals surface area contributed by atoms with Gasteiger partial charge < -0.3 is 9.80 Å². The number of rotatable bonds is 3. The van der Waals surface area contributed by atoms with E-state index in [2.05, 4.69) is 4.98 Å². The summed E-state index contributed by atoms with van der Waals surface area (Å²) >= 11 is 0. The predicted molar refractivity (Wildman–Crippen MR) is 92.2 cm³/mol. The molecule has 25 heavy (non-hydrogen) atoms. The Hall–Kier alpha value is -3.02. The topological polar surface area (TPSA) is 53.5 Å². The molecule has 6 heteroatoms. The van der Waals surface area contributed by atoms with Gasteiger partial charge in [-0.1, -0.05) is 12.1 Å². The lowest BCUT2D eigenvalue weighted by atomic mass is 10.2. The minimum Gasteiger partial charge on any atom is -0.336 e. The van der Waals surface area contributed by atoms with Crippen molar-refractivity contribution in [1.82, 2.24) is 14.8 Å². The first-order valence-corrected chi connectivity index (χ1v) is 8.05. The fraction of sp³-hybridized carbons (Fsp3) is 0.211. The maximum absolute atomic E-state index is 13.1. The van der Waals surface area contributed by atoms with Gasteiger partial charge in [-0.2, -0.15) is 0 Å². The van der Waals surface area contributed by atoms with Gasteiger partial charge in [0.15, 0.2) is 0 Å². The number of carbonyl (C=O) groups is 2. The number of hydrogen-bond donors (Lipinski definition) is 0. The first kappa shape index (κ1) is 16.8. The second-order valence-electron chi connectivity index (χ2n) is 5.75. The zero-order valence-corrected chi connectivity index (χ0v) is 13.6. The monoisotopic (exact) mass is 339 g/mol. The van der Waals surface area contributed by atoms with Crippen LogP contribution in [0.3, 0.4) is 0 Å². The summed E-state index contributed by atoms with van der Waals surface area (Å²) in [4.78, 5) is 31.9. The second kappa shape index (κ2) is 7.70. The van der Waals surface area contributed by atoms with Crippen molar-refractivity contribution in [3.8, 4) is 0 Å². The normalized spacial score (nSPS) is 14.8. The fourth-order valence-corrected chi connectivity index (χ4v) is 2.68. The highest BCUT2D eigenvalue weighted by molar-refractivity contribution is 5.94. The van der Waals surface area contributed by atoms with Crippen LogP contribution in [0.2, 0.25) is 0 Å². The van der Waals surface area contributed by atoms with Crippen LogP contribution < -0.4 is 0 Å². The fourth-order valence-electron chi connectivity index (χ4n) is 2.68. The highest BCUT2D eigenvalue weighted by atomic mass is 19.1. The third-order valence-corrected chi connectivity index (χ3v) is 4.05. The predicted octanol–water partition coefficient (Wildman–Crippen LogP) is 2.22. The summed E-state index contributed by atoms with van der Waals surface area (Å²) in [7, 11) is 0. The molecule has 2 amide bonds. The molecule has 0 saturated carbocycles. The lowest BCUT2D eigenvalue weighted by Crippen LogP contribution is -2.50. The van der Waals surface area contributed by atoms with Gasteiger partial charge in [-0.3, -0.25) is 14.6 Å². The lowest BCUT2D eigenvalue weighted by molar-refractivity contribution is -0.127. The van der Waals surface area contributed by atoms with Crippen molar-refractivity contribution in [2.24, 2.45) is 0 Å². The third kappa shape index (κ3) is 4.29. The minimum absolute atomic E-state index is 0.0736. The zero-order valence-electron chi connectivity index (χ0n) is 13.6. The second-order valence-corrected chi connectivity index (χ2v) is 5.75. The van der Waals surface area contributed by atoms with Crippen molar-refractivity contribution in [2.75, 3.05) is 26.2 Å². The Balaban J connectivity index is 1.55. The van der Waals surface area contributed by atoms with Crippen molar-refractivity contribution in [2.45, 2.75) is 0 Å². The van der Waals surface area contributed by atoms with Crippen molar-refractivity contribution >= 4 is 17.9 Å². The Morgan fingerprint density at radius 1 is 1.04 bits per heavy atom. The Bertz CT molecular complexity index is 784. The number of pyridine rings is 1. The van der Waals surface area contributed by atoms with Gasteiger partial charge in [-0.15, -0.1) is 0 Å². The van der Waals surface area contributed by atoms with Gasteiger partial charge in [-0.05, 0) is 35.9 Å². The largest absolute Gasteiger partial charge is 0.336 e. The van der Waals surface area contributed by atoms with Gasteiger partial charge in [0.05, 0.1) is 5.56 Å². The van der Waals surface area contributed by atoms with Crippen LogP contribution in [0.15, 0.2) is 54.9 Å². The molecule has 1 aliphatic rings. The summed E-state index contributed by atoms with van der Waals surface area (Å²) in [6.45, 7) is 1.90. The molecule has 1 saturated heterocycles. The first-order valence-electron chi connectivity index (χ1n) is 8.05. The molecule has 128 valence electrons. The van der Waals surface area contributed by atoms with Crippen molar-refractivity contribution in [3.63, 3.8) is 0 Å². The van der Waals surface area contributed by atoms with Crippen LogP contribution in [-0.4, -0.2) is 52.8 Å². The van der Waals surface area contributed by atoms with E-state index in [4.69, 9.17) is 0 Å². The molecule has 0 radical (unpaired) electrons. The summed E-state index contributed by atoms with van der Waals surface area (Å²) < 4.78 is 13.1. The molecule has 1 aliphatic heterocycles. The number of benzene rings is 1. The Labute approximate surface area is 145 Å². The van der Waals surface area contributed by atoms with Gasteiger partial charge in [0.25, 0.3) is 5.91 Å². The smallest absolute Gasteiger partial charge is 0.255 e. The Morgan fingerprint density at radius 2 is 1.80 bits per heavy atom. The number of nitrogens with zero attached hydrogens (tertiary/aromatic N) is 3. The summed E-state index contributed by atoms with van der Waals surface area (Å²) in [6.07, 6.45) is 6.20. The summed E-state index contributed by atoms with van der Waals surface area (Å²) in [5.74, 6) is -0.551. The van der Waals surface area contributed by atoms with Crippen molar-refractivity contribution in [3.05, 3.63) is 71.8 Å². The SMILES string of the molecule is O=C(/C=C/c1cccc(F)c1)N1CCN(C(=O)c2cccnc2)CC1. The first-order chi connectivity index (χ1) is 12.1. The summed E-state index contributed by atoms with van der Waals surface area (Å²) in [5.41, 5.74) is 1.19. The Morgan fingerprint density at radius 3 is 2.48 bits per heavy atom. The van der Waals surface area contributed by atoms with Gasteiger partial charge in [-0.25, -0.2) is 4.39 Å². The lowest BCUT2D eigenvalue weighted by Gasteiger charge is -2.34. The molecule has 5 nitrogen and oxygen atoms in total. The van der Waals surface area contributed by atoms with E-state index >= 15 is 0 Å². The molecule has 0 spiro atoms. The number of hydrogen-bond acceptors (Lipinski definition) is 3. The molecule has 0 aliphatic carbocycles. The van der Waals surface area contributed by atoms with Gasteiger partial charge in [0.1, 0.15) is 5.82 Å². The third-order valence-electron chi connectivity index (χ3n) is 4.05. The van der Waals surface area contributed by atoms with Crippen LogP contribution >= 0.6 is 0 Å². The van der Waals surface area contributed by atoms with Crippen LogP contribution in [-0.2, 0) is 4.79 Å². The van der Waals surface area contributed by atoms with E-state index in [0.717, 1.165) is 0 Å². The molecule has 1 aromatic heterocycles. The maximum atomic E-state index is 13.1. The molecular formula is C19H18FN3O2. The van der Waals surface area contributed by atoms with Gasteiger partial charge in [0.2, 0.25) is 5.91 Å². The Kier molecular flexibility index (Phi) is 5.18. The molecule has 1 aromatic carbocycles. The molecule has 0 N–H and O–H groups in total. The van der Waals surface area contributed by atoms with E-state index in [1.807, 2.05) is 0 Å². The highest BCUT2D eigenvalue weighted by Crippen LogP contribution is 2.10. The van der Waals surface area contributed by atoms with E-state index in [9.17, 15) is 14.0 Å². The van der Waals surface area contributed by atoms with E-state index in [1.54, 1.807) is 52.5 Å². The number of piperazine rings is 1. The summed E-state index contributed by atoms with van der Waals surface area (Å²) in [5, 5.41) is 0. The van der Waals surface area contributed by atoms with Crippen LogP contribution in [0, 0.1) is 5.82 Å². The molecule has 0 atom stereocenters. The minimum atomic E-state index is -0.336. The zero-order chi connectivity index (χ0) is 17.6. The van der Waals surface area contributed by atoms with E-state index < -0.39 is 0 Å².